The summed E-state index contributed by atoms with van der Waals surface area (Å²) in [6, 6.07) is 0. The van der Waals surface area contributed by atoms with Crippen molar-refractivity contribution in [2.24, 2.45) is 5.92 Å². The molecule has 0 saturated carbocycles. The molecule has 104 valence electrons. The van der Waals surface area contributed by atoms with E-state index < -0.39 is 0 Å². The van der Waals surface area contributed by atoms with Gasteiger partial charge in [-0.1, -0.05) is 6.92 Å². The van der Waals surface area contributed by atoms with Gasteiger partial charge in [-0.3, -0.25) is 9.59 Å². The van der Waals surface area contributed by atoms with Crippen molar-refractivity contribution in [2.75, 3.05) is 51.8 Å². The van der Waals surface area contributed by atoms with Crippen molar-refractivity contribution in [3.8, 4) is 0 Å². The number of likely N-dealkylation sites (N-methyl/N-ethyl adjacent to an activating group) is 1. The van der Waals surface area contributed by atoms with E-state index in [0.717, 1.165) is 26.2 Å². The summed E-state index contributed by atoms with van der Waals surface area (Å²) < 4.78 is 4.64. The van der Waals surface area contributed by atoms with Crippen LogP contribution in [0.25, 0.3) is 0 Å². The summed E-state index contributed by atoms with van der Waals surface area (Å²) >= 11 is 1.50. The molecule has 1 rings (SSSR count). The van der Waals surface area contributed by atoms with Gasteiger partial charge in [-0.25, -0.2) is 0 Å². The van der Waals surface area contributed by atoms with E-state index in [1.54, 1.807) is 0 Å². The van der Waals surface area contributed by atoms with Crippen molar-refractivity contribution in [2.45, 2.75) is 6.92 Å². The van der Waals surface area contributed by atoms with Crippen molar-refractivity contribution in [3.63, 3.8) is 0 Å². The van der Waals surface area contributed by atoms with E-state index in [0.29, 0.717) is 11.5 Å². The molecule has 1 atom stereocenters. The molecule has 5 nitrogen and oxygen atoms in total. The molecule has 1 heterocycles. The maximum atomic E-state index is 11.9. The van der Waals surface area contributed by atoms with Gasteiger partial charge in [0.1, 0.15) is 0 Å². The van der Waals surface area contributed by atoms with E-state index in [4.69, 9.17) is 0 Å². The molecule has 1 saturated heterocycles. The minimum absolute atomic E-state index is 0.153. The van der Waals surface area contributed by atoms with Crippen LogP contribution in [0, 0.1) is 5.92 Å². The molecule has 0 aromatic heterocycles. The lowest BCUT2D eigenvalue weighted by molar-refractivity contribution is -0.144. The molecular formula is C12H22N2O3S. The van der Waals surface area contributed by atoms with Crippen LogP contribution in [0.4, 0.5) is 0 Å². The van der Waals surface area contributed by atoms with Crippen LogP contribution < -0.4 is 0 Å². The molecule has 1 amide bonds. The maximum Gasteiger partial charge on any atom is 0.309 e. The zero-order chi connectivity index (χ0) is 13.5. The molecule has 0 aliphatic carbocycles. The molecule has 0 N–H and O–H groups in total. The van der Waals surface area contributed by atoms with E-state index >= 15 is 0 Å². The fourth-order valence-corrected chi connectivity index (χ4v) is 2.70. The van der Waals surface area contributed by atoms with Crippen LogP contribution in [0.5, 0.6) is 0 Å². The van der Waals surface area contributed by atoms with Crippen molar-refractivity contribution in [3.05, 3.63) is 0 Å². The molecule has 1 unspecified atom stereocenters. The molecule has 0 spiro atoms. The van der Waals surface area contributed by atoms with E-state index in [9.17, 15) is 9.59 Å². The Morgan fingerprint density at radius 1 is 1.28 bits per heavy atom. The average Bonchev–Trinajstić information content (AvgIpc) is 2.38. The number of carbonyl (C=O) groups is 2. The van der Waals surface area contributed by atoms with E-state index in [2.05, 4.69) is 16.7 Å². The van der Waals surface area contributed by atoms with Gasteiger partial charge < -0.3 is 14.5 Å². The van der Waals surface area contributed by atoms with Crippen LogP contribution in [0.15, 0.2) is 0 Å². The minimum Gasteiger partial charge on any atom is -0.469 e. The Morgan fingerprint density at radius 3 is 2.44 bits per heavy atom. The Balaban J connectivity index is 2.19. The number of piperazine rings is 1. The van der Waals surface area contributed by atoms with Crippen LogP contribution in [-0.4, -0.2) is 73.5 Å². The normalized spacial score (nSPS) is 18.5. The van der Waals surface area contributed by atoms with E-state index in [1.807, 2.05) is 11.8 Å². The topological polar surface area (TPSA) is 49.9 Å². The fraction of sp³-hybridized carbons (Fsp3) is 0.833. The molecule has 18 heavy (non-hydrogen) atoms. The number of methoxy groups -OCH3 is 1. The standard InChI is InChI=1S/C12H22N2O3S/c1-10(12(16)17-3)8-18-9-11(15)14-6-4-13(2)5-7-14/h10H,4-9H2,1-3H3. The number of nitrogens with zero attached hydrogens (tertiary/aromatic N) is 2. The highest BCUT2D eigenvalue weighted by molar-refractivity contribution is 7.99. The molecule has 6 heteroatoms. The molecule has 1 aliphatic rings. The van der Waals surface area contributed by atoms with Gasteiger partial charge in [-0.15, -0.1) is 0 Å². The first-order chi connectivity index (χ1) is 8.54. The van der Waals surface area contributed by atoms with E-state index in [-0.39, 0.29) is 17.8 Å². The minimum atomic E-state index is -0.213. The van der Waals surface area contributed by atoms with Crippen LogP contribution in [0.2, 0.25) is 0 Å². The monoisotopic (exact) mass is 274 g/mol. The van der Waals surface area contributed by atoms with Crippen LogP contribution in [0.1, 0.15) is 6.92 Å². The third kappa shape index (κ3) is 4.86. The second-order valence-electron chi connectivity index (χ2n) is 4.62. The highest BCUT2D eigenvalue weighted by atomic mass is 32.2. The van der Waals surface area contributed by atoms with Gasteiger partial charge in [0, 0.05) is 31.9 Å². The zero-order valence-electron chi connectivity index (χ0n) is 11.3. The quantitative estimate of drug-likeness (QED) is 0.675. The number of thioether (sulfide) groups is 1. The SMILES string of the molecule is COC(=O)C(C)CSCC(=O)N1CCN(C)CC1. The lowest BCUT2D eigenvalue weighted by atomic mass is 10.2. The third-order valence-electron chi connectivity index (χ3n) is 3.05. The highest BCUT2D eigenvalue weighted by Crippen LogP contribution is 2.11. The maximum absolute atomic E-state index is 11.9. The summed E-state index contributed by atoms with van der Waals surface area (Å²) in [7, 11) is 3.45. The first-order valence-corrected chi connectivity index (χ1v) is 7.32. The van der Waals surface area contributed by atoms with Crippen molar-refractivity contribution >= 4 is 23.6 Å². The Morgan fingerprint density at radius 2 is 1.89 bits per heavy atom. The van der Waals surface area contributed by atoms with Gasteiger partial charge in [0.15, 0.2) is 0 Å². The summed E-state index contributed by atoms with van der Waals surface area (Å²) in [5.41, 5.74) is 0. The number of esters is 1. The number of hydrogen-bond donors (Lipinski definition) is 0. The van der Waals surface area contributed by atoms with Crippen molar-refractivity contribution < 1.29 is 14.3 Å². The molecular weight excluding hydrogens is 252 g/mol. The number of ether oxygens (including phenoxy) is 1. The molecule has 1 fully saturated rings. The predicted octanol–water partition coefficient (Wildman–Crippen LogP) is 0.303. The number of rotatable bonds is 5. The van der Waals surface area contributed by atoms with E-state index in [1.165, 1.54) is 18.9 Å². The summed E-state index contributed by atoms with van der Waals surface area (Å²) in [4.78, 5) is 27.2. The highest BCUT2D eigenvalue weighted by Gasteiger charge is 2.19. The zero-order valence-corrected chi connectivity index (χ0v) is 12.2. The van der Waals surface area contributed by atoms with Gasteiger partial charge in [0.05, 0.1) is 18.8 Å². The second kappa shape index (κ2) is 7.63. The van der Waals surface area contributed by atoms with Crippen LogP contribution in [0.3, 0.4) is 0 Å². The van der Waals surface area contributed by atoms with Crippen LogP contribution >= 0.6 is 11.8 Å². The Bertz CT molecular complexity index is 291. The summed E-state index contributed by atoms with van der Waals surface area (Å²) in [6.07, 6.45) is 0. The van der Waals surface area contributed by atoms with Gasteiger partial charge in [-0.2, -0.15) is 11.8 Å². The van der Waals surface area contributed by atoms with Crippen LogP contribution in [-0.2, 0) is 14.3 Å². The first kappa shape index (κ1) is 15.3. The summed E-state index contributed by atoms with van der Waals surface area (Å²) in [5.74, 6) is 0.886. The fourth-order valence-electron chi connectivity index (χ4n) is 1.74. The molecule has 0 bridgehead atoms. The Hall–Kier alpha value is -0.750. The first-order valence-electron chi connectivity index (χ1n) is 6.16. The predicted molar refractivity (Wildman–Crippen MR) is 72.6 cm³/mol. The molecule has 1 aliphatic heterocycles. The Kier molecular flexibility index (Phi) is 6.49. The molecule has 0 aromatic rings. The largest absolute Gasteiger partial charge is 0.469 e. The molecule has 0 aromatic carbocycles. The third-order valence-corrected chi connectivity index (χ3v) is 4.24. The second-order valence-corrected chi connectivity index (χ2v) is 5.65. The average molecular weight is 274 g/mol. The van der Waals surface area contributed by atoms with Gasteiger partial charge in [0.2, 0.25) is 5.91 Å². The summed E-state index contributed by atoms with van der Waals surface area (Å²) in [5, 5.41) is 0. The smallest absolute Gasteiger partial charge is 0.309 e. The van der Waals surface area contributed by atoms with Crippen molar-refractivity contribution in [1.82, 2.24) is 9.80 Å². The van der Waals surface area contributed by atoms with Gasteiger partial charge >= 0.3 is 5.97 Å². The van der Waals surface area contributed by atoms with Crippen molar-refractivity contribution in [1.29, 1.82) is 0 Å². The van der Waals surface area contributed by atoms with Gasteiger partial charge in [0.25, 0.3) is 0 Å². The molecule has 0 radical (unpaired) electrons. The Labute approximate surface area is 113 Å². The number of amides is 1. The lowest BCUT2D eigenvalue weighted by Crippen LogP contribution is -2.47. The summed E-state index contributed by atoms with van der Waals surface area (Å²) in [6.45, 7) is 5.31. The number of hydrogen-bond acceptors (Lipinski definition) is 5. The van der Waals surface area contributed by atoms with Gasteiger partial charge in [-0.05, 0) is 7.05 Å². The lowest BCUT2D eigenvalue weighted by Gasteiger charge is -2.32. The number of carbonyl (C=O) groups excluding carboxylic acids is 2.